The molecule has 1 fully saturated rings. The number of fused-ring (bicyclic) bond motifs is 1. The lowest BCUT2D eigenvalue weighted by Gasteiger charge is -2.34. The summed E-state index contributed by atoms with van der Waals surface area (Å²) in [5.41, 5.74) is 4.59. The molecule has 2 aromatic heterocycles. The summed E-state index contributed by atoms with van der Waals surface area (Å²) in [7, 11) is 2.85. The average molecular weight is 526 g/mol. The predicted molar refractivity (Wildman–Crippen MR) is 151 cm³/mol. The molecule has 0 bridgehead atoms. The fourth-order valence-electron chi connectivity index (χ4n) is 4.23. The number of nitrogens with one attached hydrogen (secondary N) is 1. The number of ether oxygens (including phenoxy) is 1. The molecule has 0 saturated carbocycles. The Bertz CT molecular complexity index is 1360. The first-order chi connectivity index (χ1) is 17.5. The van der Waals surface area contributed by atoms with E-state index < -0.39 is 11.0 Å². The van der Waals surface area contributed by atoms with E-state index in [-0.39, 0.29) is 6.90 Å². The van der Waals surface area contributed by atoms with Gasteiger partial charge in [0.25, 0.3) is 0 Å². The van der Waals surface area contributed by atoms with E-state index in [0.29, 0.717) is 24.0 Å². The molecule has 11 heteroatoms. The molecular weight excluding hydrogens is 490 g/mol. The zero-order valence-corrected chi connectivity index (χ0v) is 22.1. The molecule has 2 aromatic carbocycles. The van der Waals surface area contributed by atoms with Crippen LogP contribution in [0.5, 0.6) is 5.75 Å². The van der Waals surface area contributed by atoms with Crippen molar-refractivity contribution in [1.82, 2.24) is 19.5 Å². The van der Waals surface area contributed by atoms with Crippen molar-refractivity contribution in [2.75, 3.05) is 61.1 Å². The number of benzene rings is 2. The molecule has 1 saturated heterocycles. The molecule has 37 heavy (non-hydrogen) atoms. The second kappa shape index (κ2) is 11.6. The highest BCUT2D eigenvalue weighted by atomic mass is 32.2. The van der Waals surface area contributed by atoms with Crippen molar-refractivity contribution >= 4 is 39.6 Å². The van der Waals surface area contributed by atoms with E-state index in [9.17, 15) is 4.21 Å². The van der Waals surface area contributed by atoms with Gasteiger partial charge in [-0.1, -0.05) is 18.2 Å². The Morgan fingerprint density at radius 3 is 2.51 bits per heavy atom. The lowest BCUT2D eigenvalue weighted by Crippen LogP contribution is -2.44. The van der Waals surface area contributed by atoms with Gasteiger partial charge >= 0.3 is 0 Å². The number of anilines is 4. The summed E-state index contributed by atoms with van der Waals surface area (Å²) >= 11 is 0. The zero-order valence-electron chi connectivity index (χ0n) is 21.3. The summed E-state index contributed by atoms with van der Waals surface area (Å²) in [5.74, 6) is 1.12. The van der Waals surface area contributed by atoms with Gasteiger partial charge in [-0.25, -0.2) is 8.72 Å². The first kappa shape index (κ1) is 26.4. The Morgan fingerprint density at radius 1 is 1.05 bits per heavy atom. The van der Waals surface area contributed by atoms with Crippen molar-refractivity contribution in [1.29, 1.82) is 0 Å². The van der Waals surface area contributed by atoms with Crippen molar-refractivity contribution in [3.05, 3.63) is 72.4 Å². The Morgan fingerprint density at radius 2 is 1.78 bits per heavy atom. The topological polar surface area (TPSA) is 110 Å². The smallest absolute Gasteiger partial charge is 0.247 e. The first-order valence-electron chi connectivity index (χ1n) is 11.9. The molecule has 1 atom stereocenters. The van der Waals surface area contributed by atoms with Gasteiger partial charge in [0.2, 0.25) is 5.95 Å². The Kier molecular flexibility index (Phi) is 8.27. The Hall–Kier alpha value is -3.67. The third kappa shape index (κ3) is 6.01. The summed E-state index contributed by atoms with van der Waals surface area (Å²) in [6, 6.07) is 19.9. The zero-order chi connectivity index (χ0) is 25.1. The predicted octanol–water partition coefficient (Wildman–Crippen LogP) is 2.95. The van der Waals surface area contributed by atoms with Crippen LogP contribution in [0, 0.1) is 0 Å². The van der Waals surface area contributed by atoms with Gasteiger partial charge in [0, 0.05) is 64.0 Å². The van der Waals surface area contributed by atoms with E-state index in [1.807, 2.05) is 49.6 Å². The van der Waals surface area contributed by atoms with E-state index in [2.05, 4.69) is 56.5 Å². The van der Waals surface area contributed by atoms with Crippen molar-refractivity contribution in [2.24, 2.45) is 0 Å². The summed E-state index contributed by atoms with van der Waals surface area (Å²) < 4.78 is 21.6. The van der Waals surface area contributed by atoms with Crippen LogP contribution in [0.4, 0.5) is 23.0 Å². The molecular formula is C26H35N7O3S. The fourth-order valence-corrected chi connectivity index (χ4v) is 4.69. The van der Waals surface area contributed by atoms with Crippen LogP contribution in [-0.2, 0) is 17.6 Å². The third-order valence-corrected chi connectivity index (χ3v) is 7.39. The number of piperazine rings is 1. The molecule has 0 amide bonds. The van der Waals surface area contributed by atoms with Crippen molar-refractivity contribution in [3.8, 4) is 5.75 Å². The molecule has 0 radical (unpaired) electrons. The normalized spacial score (nSPS) is 14.7. The van der Waals surface area contributed by atoms with Crippen LogP contribution < -0.4 is 19.3 Å². The van der Waals surface area contributed by atoms with E-state index in [1.165, 1.54) is 5.69 Å². The minimum Gasteiger partial charge on any atom is -0.485 e. The first-order valence-corrected chi connectivity index (χ1v) is 13.4. The van der Waals surface area contributed by atoms with Gasteiger partial charge in [0.1, 0.15) is 17.6 Å². The molecule has 4 aromatic rings. The second-order valence-electron chi connectivity index (χ2n) is 8.88. The summed E-state index contributed by atoms with van der Waals surface area (Å²) in [5, 5.41) is 7.87. The lowest BCUT2D eigenvalue weighted by atomic mass is 10.2. The molecule has 1 unspecified atom stereocenters. The molecule has 1 aliphatic heterocycles. The number of rotatable bonds is 8. The molecule has 1 aliphatic rings. The van der Waals surface area contributed by atoms with Gasteiger partial charge in [0.15, 0.2) is 11.4 Å². The quantitative estimate of drug-likeness (QED) is 0.377. The van der Waals surface area contributed by atoms with Gasteiger partial charge in [0.05, 0.1) is 5.69 Å². The van der Waals surface area contributed by atoms with Gasteiger partial charge in [-0.2, -0.15) is 4.98 Å². The van der Waals surface area contributed by atoms with Gasteiger partial charge < -0.3 is 25.3 Å². The average Bonchev–Trinajstić information content (AvgIpc) is 3.31. The van der Waals surface area contributed by atoms with Crippen LogP contribution in [0.1, 0.15) is 6.99 Å². The minimum absolute atomic E-state index is 0. The van der Waals surface area contributed by atoms with Crippen LogP contribution in [0.2, 0.25) is 0 Å². The maximum atomic E-state index is 12.0. The number of aromatic nitrogens is 3. The minimum atomic E-state index is -1.12. The van der Waals surface area contributed by atoms with E-state index in [0.717, 1.165) is 43.1 Å². The molecule has 198 valence electrons. The standard InChI is InChI=1S/C26H31N7O2S.H2O.H2/c1-30-15-17-32(18-16-30)22-12-10-21(11-13-22)27-26-28-25-24(9-6-14-33(25)29-26)35-19-20-7-4-5-8-23(20)31(2)36(3)34;;/h4-14H,15-19H2,1-3H3,(H,27,29);1H2;1H. The Balaban J connectivity index is 0.00000200. The van der Waals surface area contributed by atoms with Crippen molar-refractivity contribution in [3.63, 3.8) is 0 Å². The summed E-state index contributed by atoms with van der Waals surface area (Å²) in [6.07, 6.45) is 3.50. The van der Waals surface area contributed by atoms with Crippen molar-refractivity contribution in [2.45, 2.75) is 6.61 Å². The highest BCUT2D eigenvalue weighted by Gasteiger charge is 2.15. The molecule has 10 nitrogen and oxygen atoms in total. The number of hydrogen-bond donors (Lipinski definition) is 1. The van der Waals surface area contributed by atoms with E-state index >= 15 is 0 Å². The highest BCUT2D eigenvalue weighted by Crippen LogP contribution is 2.26. The number of pyridine rings is 1. The maximum Gasteiger partial charge on any atom is 0.247 e. The highest BCUT2D eigenvalue weighted by molar-refractivity contribution is 7.85. The second-order valence-corrected chi connectivity index (χ2v) is 10.3. The number of nitrogens with zero attached hydrogens (tertiary/aromatic N) is 6. The maximum absolute atomic E-state index is 12.0. The summed E-state index contributed by atoms with van der Waals surface area (Å²) in [6.45, 7) is 4.56. The van der Waals surface area contributed by atoms with Crippen LogP contribution in [0.3, 0.4) is 0 Å². The molecule has 0 aliphatic carbocycles. The van der Waals surface area contributed by atoms with Gasteiger partial charge in [-0.05, 0) is 49.5 Å². The van der Waals surface area contributed by atoms with Crippen LogP contribution >= 0.6 is 0 Å². The van der Waals surface area contributed by atoms with Crippen molar-refractivity contribution < 1.29 is 15.8 Å². The monoisotopic (exact) mass is 525 g/mol. The van der Waals surface area contributed by atoms with Gasteiger partial charge in [-0.3, -0.25) is 4.31 Å². The van der Waals surface area contributed by atoms with Crippen LogP contribution in [0.25, 0.3) is 5.65 Å². The van der Waals surface area contributed by atoms with E-state index in [4.69, 9.17) is 4.74 Å². The molecule has 0 spiro atoms. The lowest BCUT2D eigenvalue weighted by molar-refractivity contribution is 0.308. The fraction of sp³-hybridized carbons (Fsp3) is 0.308. The van der Waals surface area contributed by atoms with E-state index in [1.54, 1.807) is 15.1 Å². The SMILES string of the molecule is CN1CCN(c2ccc(Nc3nc4c(OCc5ccccc5N(C)S(C)=O)cccn4n3)cc2)CC1.O.[HH]. The molecule has 3 N–H and O–H groups in total. The number of para-hydroxylation sites is 1. The van der Waals surface area contributed by atoms with Crippen LogP contribution in [-0.4, -0.2) is 75.7 Å². The third-order valence-electron chi connectivity index (χ3n) is 6.42. The van der Waals surface area contributed by atoms with Gasteiger partial charge in [-0.15, -0.1) is 5.10 Å². The number of likely N-dealkylation sites (N-methyl/N-ethyl adjacent to an activating group) is 1. The molecule has 3 heterocycles. The van der Waals surface area contributed by atoms with Crippen LogP contribution in [0.15, 0.2) is 66.9 Å². The Labute approximate surface area is 220 Å². The summed E-state index contributed by atoms with van der Waals surface area (Å²) in [4.78, 5) is 9.43. The molecule has 5 rings (SSSR count). The number of hydrogen-bond acceptors (Lipinski definition) is 7. The largest absolute Gasteiger partial charge is 0.485 e.